The van der Waals surface area contributed by atoms with E-state index in [1.807, 2.05) is 0 Å². The Balaban J connectivity index is 1.53. The number of nitrogen functional groups attached to an aromatic ring is 1. The largest absolute Gasteiger partial charge is 0.393 e. The Kier molecular flexibility index (Phi) is 4.59. The molecule has 1 aromatic heterocycles. The lowest BCUT2D eigenvalue weighted by Crippen LogP contribution is -2.35. The fraction of sp³-hybridized carbons (Fsp3) is 0.476. The minimum absolute atomic E-state index is 0.0589. The number of halogens is 1. The van der Waals surface area contributed by atoms with E-state index in [0.29, 0.717) is 23.4 Å². The van der Waals surface area contributed by atoms with Crippen LogP contribution in [0.1, 0.15) is 50.4 Å². The zero-order valence-corrected chi connectivity index (χ0v) is 17.0. The van der Waals surface area contributed by atoms with Gasteiger partial charge in [-0.2, -0.15) is 0 Å². The Labute approximate surface area is 169 Å². The number of carbonyl (C=O) groups excluding carboxylic acids is 1. The Morgan fingerprint density at radius 1 is 1.24 bits per heavy atom. The van der Waals surface area contributed by atoms with Gasteiger partial charge in [0.1, 0.15) is 17.8 Å². The second kappa shape index (κ2) is 6.86. The lowest BCUT2D eigenvalue weighted by Gasteiger charge is -2.39. The van der Waals surface area contributed by atoms with Gasteiger partial charge in [-0.15, -0.1) is 0 Å². The summed E-state index contributed by atoms with van der Waals surface area (Å²) in [5.74, 6) is -0.225. The first-order chi connectivity index (χ1) is 13.7. The van der Waals surface area contributed by atoms with Crippen molar-refractivity contribution in [1.82, 2.24) is 15.4 Å². The second-order valence-electron chi connectivity index (χ2n) is 9.36. The number of benzene rings is 1. The number of amides is 1. The van der Waals surface area contributed by atoms with Crippen molar-refractivity contribution in [1.29, 1.82) is 0 Å². The van der Waals surface area contributed by atoms with E-state index in [0.717, 1.165) is 19.4 Å². The van der Waals surface area contributed by atoms with Crippen LogP contribution in [0, 0.1) is 16.6 Å². The van der Waals surface area contributed by atoms with Gasteiger partial charge < -0.3 is 10.6 Å². The van der Waals surface area contributed by atoms with Crippen LogP contribution in [0.15, 0.2) is 30.6 Å². The van der Waals surface area contributed by atoms with Gasteiger partial charge in [-0.05, 0) is 42.2 Å². The first kappa shape index (κ1) is 19.4. The van der Waals surface area contributed by atoms with E-state index >= 15 is 0 Å². The molecule has 2 bridgehead atoms. The predicted molar refractivity (Wildman–Crippen MR) is 111 cm³/mol. The zero-order valence-electron chi connectivity index (χ0n) is 17.0. The van der Waals surface area contributed by atoms with Gasteiger partial charge in [-0.25, -0.2) is 14.4 Å². The van der Waals surface area contributed by atoms with Crippen LogP contribution < -0.4 is 21.5 Å². The number of nitrogens with zero attached hydrogens (tertiary/aromatic N) is 3. The summed E-state index contributed by atoms with van der Waals surface area (Å²) < 4.78 is 13.8. The number of nitrogens with two attached hydrogens (primary N) is 1. The highest BCUT2D eigenvalue weighted by molar-refractivity contribution is 5.95. The van der Waals surface area contributed by atoms with E-state index < -0.39 is 11.7 Å². The molecular weight excluding hydrogens is 371 g/mol. The van der Waals surface area contributed by atoms with Gasteiger partial charge in [-0.3, -0.25) is 15.6 Å². The Morgan fingerprint density at radius 2 is 2.00 bits per heavy atom. The SMILES string of the molecule is CC1(C)CC2CC(C)(CN2c2ncnc(NNC(=O)c3ccccc3F)c2N)C1. The molecule has 8 heteroatoms. The molecule has 1 aromatic carbocycles. The fourth-order valence-corrected chi connectivity index (χ4v) is 5.25. The first-order valence-electron chi connectivity index (χ1n) is 9.86. The van der Waals surface area contributed by atoms with Crippen LogP contribution in [0.3, 0.4) is 0 Å². The molecule has 2 aromatic rings. The van der Waals surface area contributed by atoms with Gasteiger partial charge in [0.05, 0.1) is 5.56 Å². The van der Waals surface area contributed by atoms with Crippen molar-refractivity contribution in [2.45, 2.75) is 46.1 Å². The third kappa shape index (κ3) is 3.71. The van der Waals surface area contributed by atoms with Gasteiger partial charge in [0.25, 0.3) is 5.91 Å². The molecule has 0 spiro atoms. The molecule has 1 saturated heterocycles. The number of nitrogens with one attached hydrogen (secondary N) is 2. The van der Waals surface area contributed by atoms with E-state index in [9.17, 15) is 9.18 Å². The van der Waals surface area contributed by atoms with Crippen LogP contribution in [-0.4, -0.2) is 28.5 Å². The van der Waals surface area contributed by atoms with E-state index in [2.05, 4.69) is 46.5 Å². The lowest BCUT2D eigenvalue weighted by molar-refractivity contribution is 0.0958. The highest BCUT2D eigenvalue weighted by Gasteiger charge is 2.50. The maximum absolute atomic E-state index is 13.8. The lowest BCUT2D eigenvalue weighted by atomic mass is 9.65. The summed E-state index contributed by atoms with van der Waals surface area (Å²) in [6.45, 7) is 7.85. The molecule has 2 heterocycles. The molecular formula is C21H27FN6O. The number of hydrazine groups is 1. The molecule has 4 rings (SSSR count). The third-order valence-corrected chi connectivity index (χ3v) is 5.96. The molecule has 2 atom stereocenters. The van der Waals surface area contributed by atoms with Gasteiger partial charge in [-0.1, -0.05) is 32.9 Å². The summed E-state index contributed by atoms with van der Waals surface area (Å²) in [5, 5.41) is 0. The number of hydrogen-bond acceptors (Lipinski definition) is 6. The average Bonchev–Trinajstić information content (AvgIpc) is 2.89. The monoisotopic (exact) mass is 398 g/mol. The van der Waals surface area contributed by atoms with Crippen molar-refractivity contribution in [3.63, 3.8) is 0 Å². The van der Waals surface area contributed by atoms with Crippen LogP contribution in [-0.2, 0) is 0 Å². The minimum atomic E-state index is -0.603. The molecule has 1 amide bonds. The average molecular weight is 398 g/mol. The molecule has 2 aliphatic rings. The summed E-state index contributed by atoms with van der Waals surface area (Å²) >= 11 is 0. The molecule has 154 valence electrons. The van der Waals surface area contributed by atoms with Crippen molar-refractivity contribution in [3.8, 4) is 0 Å². The molecule has 0 radical (unpaired) electrons. The number of hydrogen-bond donors (Lipinski definition) is 3. The second-order valence-corrected chi connectivity index (χ2v) is 9.36. The molecule has 7 nitrogen and oxygen atoms in total. The van der Waals surface area contributed by atoms with Crippen LogP contribution in [0.4, 0.5) is 21.7 Å². The number of rotatable bonds is 4. The molecule has 29 heavy (non-hydrogen) atoms. The van der Waals surface area contributed by atoms with Crippen LogP contribution in [0.25, 0.3) is 0 Å². The summed E-state index contributed by atoms with van der Waals surface area (Å²) in [4.78, 5) is 23.1. The van der Waals surface area contributed by atoms with E-state index in [1.165, 1.54) is 30.9 Å². The quantitative estimate of drug-likeness (QED) is 0.684. The van der Waals surface area contributed by atoms with Crippen LogP contribution in [0.5, 0.6) is 0 Å². The number of fused-ring (bicyclic) bond motifs is 2. The minimum Gasteiger partial charge on any atom is -0.393 e. The summed E-state index contributed by atoms with van der Waals surface area (Å²) in [5.41, 5.74) is 12.4. The standard InChI is InChI=1S/C21H27FN6O/c1-20(2)8-13-9-21(3,10-20)11-28(13)18-16(23)17(24-12-25-18)26-27-19(29)14-6-4-5-7-15(14)22/h4-7,12-13H,8-11,23H2,1-3H3,(H,27,29)(H,24,25,26). The van der Waals surface area contributed by atoms with Crippen molar-refractivity contribution < 1.29 is 9.18 Å². The number of aromatic nitrogens is 2. The summed E-state index contributed by atoms with van der Waals surface area (Å²) in [6, 6.07) is 6.15. The Bertz CT molecular complexity index is 949. The van der Waals surface area contributed by atoms with Gasteiger partial charge in [0.15, 0.2) is 11.6 Å². The van der Waals surface area contributed by atoms with Crippen molar-refractivity contribution in [2.24, 2.45) is 10.8 Å². The number of carbonyl (C=O) groups is 1. The summed E-state index contributed by atoms with van der Waals surface area (Å²) in [7, 11) is 0. The Hall–Kier alpha value is -2.90. The van der Waals surface area contributed by atoms with Crippen LogP contribution >= 0.6 is 0 Å². The highest BCUT2D eigenvalue weighted by atomic mass is 19.1. The third-order valence-electron chi connectivity index (χ3n) is 5.96. The number of anilines is 3. The molecule has 4 N–H and O–H groups in total. The van der Waals surface area contributed by atoms with Gasteiger partial charge >= 0.3 is 0 Å². The maximum Gasteiger partial charge on any atom is 0.272 e. The van der Waals surface area contributed by atoms with E-state index in [4.69, 9.17) is 5.73 Å². The van der Waals surface area contributed by atoms with Gasteiger partial charge in [0.2, 0.25) is 0 Å². The highest BCUT2D eigenvalue weighted by Crippen LogP contribution is 2.53. The summed E-state index contributed by atoms with van der Waals surface area (Å²) in [6.07, 6.45) is 4.80. The van der Waals surface area contributed by atoms with Crippen molar-refractivity contribution in [3.05, 3.63) is 42.0 Å². The molecule has 1 saturated carbocycles. The van der Waals surface area contributed by atoms with E-state index in [1.54, 1.807) is 6.07 Å². The topological polar surface area (TPSA) is 96.2 Å². The van der Waals surface area contributed by atoms with E-state index in [-0.39, 0.29) is 16.4 Å². The molecule has 1 aliphatic carbocycles. The normalized spacial score (nSPS) is 25.0. The van der Waals surface area contributed by atoms with Crippen LogP contribution in [0.2, 0.25) is 0 Å². The first-order valence-corrected chi connectivity index (χ1v) is 9.86. The molecule has 2 fully saturated rings. The van der Waals surface area contributed by atoms with Crippen molar-refractivity contribution >= 4 is 23.2 Å². The Morgan fingerprint density at radius 3 is 2.76 bits per heavy atom. The molecule has 2 unspecified atom stereocenters. The smallest absolute Gasteiger partial charge is 0.272 e. The molecule has 1 aliphatic heterocycles. The fourth-order valence-electron chi connectivity index (χ4n) is 5.25. The maximum atomic E-state index is 13.8. The predicted octanol–water partition coefficient (Wildman–Crippen LogP) is 3.36. The van der Waals surface area contributed by atoms with Gasteiger partial charge in [0, 0.05) is 12.6 Å². The van der Waals surface area contributed by atoms with Crippen molar-refractivity contribution in [2.75, 3.05) is 22.6 Å². The zero-order chi connectivity index (χ0) is 20.8.